The third-order valence-corrected chi connectivity index (χ3v) is 5.59. The van der Waals surface area contributed by atoms with E-state index >= 15 is 0 Å². The van der Waals surface area contributed by atoms with Crippen LogP contribution >= 0.6 is 0 Å². The van der Waals surface area contributed by atoms with Gasteiger partial charge in [-0.1, -0.05) is 43.1 Å². The Morgan fingerprint density at radius 1 is 1.36 bits per heavy atom. The number of aromatic nitrogens is 2. The molecule has 1 saturated carbocycles. The van der Waals surface area contributed by atoms with Crippen molar-refractivity contribution in [1.82, 2.24) is 15.5 Å². The highest BCUT2D eigenvalue weighted by Gasteiger charge is 2.46. The Kier molecular flexibility index (Phi) is 3.98. The van der Waals surface area contributed by atoms with E-state index in [-0.39, 0.29) is 17.5 Å². The number of nitrogens with one attached hydrogen (secondary N) is 1. The molecule has 2 amide bonds. The summed E-state index contributed by atoms with van der Waals surface area (Å²) in [5.74, 6) is 1.05. The van der Waals surface area contributed by atoms with Crippen molar-refractivity contribution in [3.8, 4) is 0 Å². The molecule has 1 aliphatic heterocycles. The first kappa shape index (κ1) is 16.1. The first-order valence-electron chi connectivity index (χ1n) is 9.11. The van der Waals surface area contributed by atoms with Crippen molar-refractivity contribution < 1.29 is 9.32 Å². The maximum Gasteiger partial charge on any atom is 0.322 e. The van der Waals surface area contributed by atoms with Gasteiger partial charge in [-0.25, -0.2) is 4.79 Å². The molecule has 2 aliphatic rings. The molecule has 6 nitrogen and oxygen atoms in total. The number of anilines is 1. The minimum Gasteiger partial charge on any atom is -0.340 e. The van der Waals surface area contributed by atoms with Crippen molar-refractivity contribution in [1.29, 1.82) is 0 Å². The number of hydrogen-bond donors (Lipinski definition) is 1. The molecule has 2 heterocycles. The first-order valence-corrected chi connectivity index (χ1v) is 9.11. The highest BCUT2D eigenvalue weighted by Crippen LogP contribution is 2.50. The molecule has 0 unspecified atom stereocenters. The number of hydrogen-bond acceptors (Lipinski definition) is 4. The summed E-state index contributed by atoms with van der Waals surface area (Å²) >= 11 is 0. The van der Waals surface area contributed by atoms with Crippen LogP contribution in [0.3, 0.4) is 0 Å². The summed E-state index contributed by atoms with van der Waals surface area (Å²) < 4.78 is 5.06. The average molecular weight is 340 g/mol. The van der Waals surface area contributed by atoms with Crippen LogP contribution in [0.1, 0.15) is 62.3 Å². The summed E-state index contributed by atoms with van der Waals surface area (Å²) in [4.78, 5) is 19.2. The van der Waals surface area contributed by atoms with E-state index in [0.717, 1.165) is 25.1 Å². The maximum atomic E-state index is 13.0. The fraction of sp³-hybridized carbons (Fsp3) is 0.526. The Labute approximate surface area is 147 Å². The van der Waals surface area contributed by atoms with E-state index in [0.29, 0.717) is 18.1 Å². The van der Waals surface area contributed by atoms with Gasteiger partial charge in [-0.2, -0.15) is 4.98 Å². The molecule has 1 atom stereocenters. The fourth-order valence-corrected chi connectivity index (χ4v) is 4.32. The second-order valence-electron chi connectivity index (χ2n) is 7.17. The average Bonchev–Trinajstić information content (AvgIpc) is 3.34. The summed E-state index contributed by atoms with van der Waals surface area (Å²) in [6, 6.07) is 8.02. The summed E-state index contributed by atoms with van der Waals surface area (Å²) in [6.45, 7) is 4.53. The molecule has 25 heavy (non-hydrogen) atoms. The molecular formula is C19H24N4O2. The molecule has 1 fully saturated rings. The van der Waals surface area contributed by atoms with Crippen LogP contribution in [0.4, 0.5) is 10.5 Å². The van der Waals surface area contributed by atoms with E-state index < -0.39 is 0 Å². The van der Waals surface area contributed by atoms with E-state index in [1.807, 2.05) is 17.9 Å². The summed E-state index contributed by atoms with van der Waals surface area (Å²) in [5.41, 5.74) is 2.51. The lowest BCUT2D eigenvalue weighted by Crippen LogP contribution is -2.43. The quantitative estimate of drug-likeness (QED) is 0.920. The lowest BCUT2D eigenvalue weighted by atomic mass is 9.81. The topological polar surface area (TPSA) is 71.3 Å². The van der Waals surface area contributed by atoms with Gasteiger partial charge >= 0.3 is 6.03 Å². The standard InChI is InChI=1S/C19H24N4O2/c1-3-15(17-20-13(2)25-22-17)21-18(24)23-12-19(10-6-7-11-19)14-8-4-5-9-16(14)23/h4-5,8-9,15H,3,6-7,10-12H2,1-2H3,(H,21,24)/t15-/m0/s1. The zero-order valence-electron chi connectivity index (χ0n) is 14.8. The molecule has 6 heteroatoms. The largest absolute Gasteiger partial charge is 0.340 e. The van der Waals surface area contributed by atoms with Gasteiger partial charge in [0, 0.05) is 24.6 Å². The maximum absolute atomic E-state index is 13.0. The number of rotatable bonds is 3. The van der Waals surface area contributed by atoms with Crippen LogP contribution in [0.25, 0.3) is 0 Å². The number of fused-ring (bicyclic) bond motifs is 2. The first-order chi connectivity index (χ1) is 12.1. The second-order valence-corrected chi connectivity index (χ2v) is 7.17. The van der Waals surface area contributed by atoms with Crippen LogP contribution in [-0.4, -0.2) is 22.7 Å². The van der Waals surface area contributed by atoms with Crippen LogP contribution in [-0.2, 0) is 5.41 Å². The molecule has 1 aromatic carbocycles. The molecule has 1 N–H and O–H groups in total. The van der Waals surface area contributed by atoms with Gasteiger partial charge in [-0.05, 0) is 30.9 Å². The van der Waals surface area contributed by atoms with Gasteiger partial charge in [0.2, 0.25) is 5.89 Å². The molecule has 0 saturated heterocycles. The van der Waals surface area contributed by atoms with E-state index in [9.17, 15) is 4.79 Å². The van der Waals surface area contributed by atoms with E-state index in [2.05, 4.69) is 33.7 Å². The van der Waals surface area contributed by atoms with Gasteiger partial charge in [-0.15, -0.1) is 0 Å². The fourth-order valence-electron chi connectivity index (χ4n) is 4.32. The van der Waals surface area contributed by atoms with Crippen molar-refractivity contribution >= 4 is 11.7 Å². The highest BCUT2D eigenvalue weighted by molar-refractivity contribution is 5.95. The van der Waals surface area contributed by atoms with Crippen LogP contribution in [0.2, 0.25) is 0 Å². The number of benzene rings is 1. The highest BCUT2D eigenvalue weighted by atomic mass is 16.5. The third kappa shape index (κ3) is 2.69. The van der Waals surface area contributed by atoms with Crippen molar-refractivity contribution in [2.75, 3.05) is 11.4 Å². The van der Waals surface area contributed by atoms with E-state index in [1.54, 1.807) is 6.92 Å². The Morgan fingerprint density at radius 2 is 2.12 bits per heavy atom. The zero-order chi connectivity index (χ0) is 17.4. The Hall–Kier alpha value is -2.37. The Morgan fingerprint density at radius 3 is 2.80 bits per heavy atom. The Bertz CT molecular complexity index is 779. The molecular weight excluding hydrogens is 316 g/mol. The summed E-state index contributed by atoms with van der Waals surface area (Å²) in [5, 5.41) is 7.05. The third-order valence-electron chi connectivity index (χ3n) is 5.59. The van der Waals surface area contributed by atoms with Crippen LogP contribution in [0, 0.1) is 6.92 Å². The minimum atomic E-state index is -0.239. The molecule has 0 radical (unpaired) electrons. The monoisotopic (exact) mass is 340 g/mol. The Balaban J connectivity index is 1.58. The summed E-state index contributed by atoms with van der Waals surface area (Å²) in [7, 11) is 0. The predicted octanol–water partition coefficient (Wildman–Crippen LogP) is 3.87. The minimum absolute atomic E-state index is 0.0782. The number of para-hydroxylation sites is 1. The number of amides is 2. The van der Waals surface area contributed by atoms with Gasteiger partial charge < -0.3 is 9.84 Å². The van der Waals surface area contributed by atoms with Crippen molar-refractivity contribution in [3.63, 3.8) is 0 Å². The van der Waals surface area contributed by atoms with Crippen LogP contribution in [0.5, 0.6) is 0 Å². The molecule has 132 valence electrons. The number of carbonyl (C=O) groups is 1. The van der Waals surface area contributed by atoms with Gasteiger partial charge in [0.05, 0.1) is 6.04 Å². The molecule has 4 rings (SSSR count). The summed E-state index contributed by atoms with van der Waals surface area (Å²) in [6.07, 6.45) is 5.52. The lowest BCUT2D eigenvalue weighted by molar-refractivity contribution is 0.240. The zero-order valence-corrected chi connectivity index (χ0v) is 14.8. The van der Waals surface area contributed by atoms with Crippen molar-refractivity contribution in [2.45, 2.75) is 57.4 Å². The smallest absolute Gasteiger partial charge is 0.322 e. The normalized spacial score (nSPS) is 19.2. The molecule has 1 aliphatic carbocycles. The molecule has 1 spiro atoms. The van der Waals surface area contributed by atoms with Gasteiger partial charge in [-0.3, -0.25) is 4.90 Å². The second kappa shape index (κ2) is 6.17. The van der Waals surface area contributed by atoms with E-state index in [1.165, 1.54) is 18.4 Å². The number of urea groups is 1. The van der Waals surface area contributed by atoms with E-state index in [4.69, 9.17) is 4.52 Å². The number of nitrogens with zero attached hydrogens (tertiary/aromatic N) is 3. The molecule has 0 bridgehead atoms. The number of aryl methyl sites for hydroxylation is 1. The molecule has 1 aromatic heterocycles. The number of carbonyl (C=O) groups excluding carboxylic acids is 1. The predicted molar refractivity (Wildman–Crippen MR) is 94.5 cm³/mol. The van der Waals surface area contributed by atoms with Gasteiger partial charge in [0.15, 0.2) is 5.82 Å². The SMILES string of the molecule is CC[C@H](NC(=O)N1CC2(CCCC2)c2ccccc21)c1noc(C)n1. The molecule has 2 aromatic rings. The van der Waals surface area contributed by atoms with Crippen molar-refractivity contribution in [3.05, 3.63) is 41.5 Å². The lowest BCUT2D eigenvalue weighted by Gasteiger charge is -2.25. The van der Waals surface area contributed by atoms with Gasteiger partial charge in [0.25, 0.3) is 0 Å². The van der Waals surface area contributed by atoms with Gasteiger partial charge in [0.1, 0.15) is 0 Å². The van der Waals surface area contributed by atoms with Crippen LogP contribution < -0.4 is 10.2 Å². The van der Waals surface area contributed by atoms with Crippen molar-refractivity contribution in [2.24, 2.45) is 0 Å². The van der Waals surface area contributed by atoms with Crippen LogP contribution in [0.15, 0.2) is 28.8 Å².